The van der Waals surface area contributed by atoms with Crippen molar-refractivity contribution in [2.24, 2.45) is 0 Å². The highest BCUT2D eigenvalue weighted by atomic mass is 16.5. The Labute approximate surface area is 179 Å². The molecule has 0 saturated carbocycles. The van der Waals surface area contributed by atoms with Crippen molar-refractivity contribution in [2.45, 2.75) is 37.9 Å². The maximum Gasteiger partial charge on any atom is 0.332 e. The van der Waals surface area contributed by atoms with Gasteiger partial charge in [0.2, 0.25) is 5.88 Å². The highest BCUT2D eigenvalue weighted by Crippen LogP contribution is 2.41. The van der Waals surface area contributed by atoms with E-state index in [1.54, 1.807) is 24.1 Å². The molecule has 2 aliphatic heterocycles. The van der Waals surface area contributed by atoms with Crippen molar-refractivity contribution in [3.05, 3.63) is 80.5 Å². The summed E-state index contributed by atoms with van der Waals surface area (Å²) < 4.78 is 8.24. The first-order chi connectivity index (χ1) is 15.1. The van der Waals surface area contributed by atoms with Gasteiger partial charge in [-0.1, -0.05) is 12.1 Å². The summed E-state index contributed by atoms with van der Waals surface area (Å²) in [6, 6.07) is 9.43. The first kappa shape index (κ1) is 19.6. The zero-order chi connectivity index (χ0) is 21.4. The summed E-state index contributed by atoms with van der Waals surface area (Å²) in [7, 11) is 1.63. The molecule has 1 spiro atoms. The molecule has 0 amide bonds. The molecule has 0 unspecified atom stereocenters. The van der Waals surface area contributed by atoms with Gasteiger partial charge >= 0.3 is 11.1 Å². The summed E-state index contributed by atoms with van der Waals surface area (Å²) >= 11 is 0. The smallest absolute Gasteiger partial charge is 0.332 e. The third-order valence-electron chi connectivity index (χ3n) is 6.33. The number of nitrogens with zero attached hydrogens (tertiary/aromatic N) is 6. The summed E-state index contributed by atoms with van der Waals surface area (Å²) in [6.07, 6.45) is 5.09. The minimum atomic E-state index is -0.596. The summed E-state index contributed by atoms with van der Waals surface area (Å²) in [5.41, 5.74) is 0.413. The van der Waals surface area contributed by atoms with Gasteiger partial charge in [-0.05, 0) is 37.6 Å². The number of likely N-dealkylation sites (tertiary alicyclic amines) is 1. The number of methoxy groups -OCH3 is 1. The Hall–Kier alpha value is -3.33. The van der Waals surface area contributed by atoms with Gasteiger partial charge in [0.05, 0.1) is 19.3 Å². The van der Waals surface area contributed by atoms with Crippen LogP contribution in [0.2, 0.25) is 0 Å². The lowest BCUT2D eigenvalue weighted by atomic mass is 9.85. The Morgan fingerprint density at radius 1 is 1.00 bits per heavy atom. The van der Waals surface area contributed by atoms with E-state index in [9.17, 15) is 9.59 Å². The zero-order valence-corrected chi connectivity index (χ0v) is 17.4. The molecule has 5 rings (SSSR count). The van der Waals surface area contributed by atoms with Gasteiger partial charge in [0.15, 0.2) is 0 Å². The molecule has 9 heteroatoms. The standard InChI is InChI=1S/C22H24N6O3/c1-31-18-16(5-4-10-24-18)13-26-11-7-22(15-26)8-12-27-19(29)20(30)28(25-21(22)27)14-17-6-2-3-9-23-17/h2-6,9-10H,7-8,11-15H2,1H3/t22-/m1/s1. The maximum absolute atomic E-state index is 12.8. The molecule has 3 aromatic rings. The third-order valence-corrected chi connectivity index (χ3v) is 6.33. The molecule has 0 bridgehead atoms. The van der Waals surface area contributed by atoms with Crippen LogP contribution >= 0.6 is 0 Å². The van der Waals surface area contributed by atoms with Gasteiger partial charge in [0, 0.05) is 43.0 Å². The molecule has 0 N–H and O–H groups in total. The maximum atomic E-state index is 12.8. The second-order valence-electron chi connectivity index (χ2n) is 8.23. The molecule has 9 nitrogen and oxygen atoms in total. The van der Waals surface area contributed by atoms with Crippen LogP contribution in [0.4, 0.5) is 0 Å². The van der Waals surface area contributed by atoms with Crippen molar-refractivity contribution in [1.29, 1.82) is 0 Å². The number of hydrogen-bond acceptors (Lipinski definition) is 7. The largest absolute Gasteiger partial charge is 0.481 e. The van der Waals surface area contributed by atoms with Crippen LogP contribution in [0.25, 0.3) is 0 Å². The van der Waals surface area contributed by atoms with Gasteiger partial charge in [0.25, 0.3) is 0 Å². The van der Waals surface area contributed by atoms with Gasteiger partial charge in [-0.3, -0.25) is 24.0 Å². The molecule has 160 valence electrons. The van der Waals surface area contributed by atoms with E-state index in [0.717, 1.165) is 38.0 Å². The highest BCUT2D eigenvalue weighted by Gasteiger charge is 2.47. The van der Waals surface area contributed by atoms with Crippen LogP contribution in [0.3, 0.4) is 0 Å². The topological polar surface area (TPSA) is 95.1 Å². The third kappa shape index (κ3) is 3.44. The van der Waals surface area contributed by atoms with Crippen LogP contribution in [0.5, 0.6) is 5.88 Å². The second-order valence-corrected chi connectivity index (χ2v) is 8.23. The molecule has 31 heavy (non-hydrogen) atoms. The quantitative estimate of drug-likeness (QED) is 0.564. The van der Waals surface area contributed by atoms with Gasteiger partial charge in [-0.15, -0.1) is 0 Å². The molecule has 3 aromatic heterocycles. The lowest BCUT2D eigenvalue weighted by Crippen LogP contribution is -2.45. The lowest BCUT2D eigenvalue weighted by Gasteiger charge is -2.24. The minimum absolute atomic E-state index is 0.190. The Morgan fingerprint density at radius 3 is 2.65 bits per heavy atom. The fourth-order valence-corrected chi connectivity index (χ4v) is 4.77. The SMILES string of the molecule is COc1ncccc1CN1CC[C@@]2(CCn3c2nn(Cc2ccccn2)c(=O)c3=O)C1. The first-order valence-corrected chi connectivity index (χ1v) is 10.4. The van der Waals surface area contributed by atoms with E-state index >= 15 is 0 Å². The predicted octanol–water partition coefficient (Wildman–Crippen LogP) is 0.799. The van der Waals surface area contributed by atoms with Crippen LogP contribution in [-0.4, -0.2) is 49.4 Å². The summed E-state index contributed by atoms with van der Waals surface area (Å²) in [5, 5.41) is 4.68. The lowest BCUT2D eigenvalue weighted by molar-refractivity contribution is 0.290. The predicted molar refractivity (Wildman–Crippen MR) is 113 cm³/mol. The molecule has 5 heterocycles. The molecule has 0 radical (unpaired) electrons. The number of hydrogen-bond donors (Lipinski definition) is 0. The van der Waals surface area contributed by atoms with Crippen molar-refractivity contribution in [2.75, 3.05) is 20.2 Å². The molecular formula is C22H24N6O3. The van der Waals surface area contributed by atoms with Gasteiger partial charge in [-0.2, -0.15) is 5.10 Å². The highest BCUT2D eigenvalue weighted by molar-refractivity contribution is 5.26. The van der Waals surface area contributed by atoms with E-state index in [2.05, 4.69) is 20.0 Å². The van der Waals surface area contributed by atoms with Crippen molar-refractivity contribution in [1.82, 2.24) is 29.2 Å². The normalized spacial score (nSPS) is 20.3. The van der Waals surface area contributed by atoms with Crippen LogP contribution in [0.15, 0.2) is 52.3 Å². The molecule has 0 aliphatic carbocycles. The molecule has 1 saturated heterocycles. The van der Waals surface area contributed by atoms with Crippen molar-refractivity contribution >= 4 is 0 Å². The Balaban J connectivity index is 1.44. The van der Waals surface area contributed by atoms with E-state index in [-0.39, 0.29) is 12.0 Å². The average molecular weight is 420 g/mol. The second kappa shape index (κ2) is 7.73. The number of ether oxygens (including phenoxy) is 1. The number of fused-ring (bicyclic) bond motifs is 2. The minimum Gasteiger partial charge on any atom is -0.481 e. The molecule has 0 aromatic carbocycles. The van der Waals surface area contributed by atoms with Gasteiger partial charge in [-0.25, -0.2) is 9.67 Å². The number of pyridine rings is 2. The summed E-state index contributed by atoms with van der Waals surface area (Å²) in [6.45, 7) is 3.10. The Bertz CT molecular complexity index is 1220. The van der Waals surface area contributed by atoms with E-state index < -0.39 is 11.1 Å². The molecule has 2 aliphatic rings. The van der Waals surface area contributed by atoms with Gasteiger partial charge in [0.1, 0.15) is 5.82 Å². The molecule has 1 fully saturated rings. The van der Waals surface area contributed by atoms with Crippen LogP contribution < -0.4 is 15.9 Å². The van der Waals surface area contributed by atoms with E-state index in [0.29, 0.717) is 23.9 Å². The average Bonchev–Trinajstić information content (AvgIpc) is 3.37. The monoisotopic (exact) mass is 420 g/mol. The fourth-order valence-electron chi connectivity index (χ4n) is 4.77. The van der Waals surface area contributed by atoms with E-state index in [1.165, 1.54) is 4.68 Å². The summed E-state index contributed by atoms with van der Waals surface area (Å²) in [5.74, 6) is 1.35. The van der Waals surface area contributed by atoms with Crippen molar-refractivity contribution < 1.29 is 4.74 Å². The summed E-state index contributed by atoms with van der Waals surface area (Å²) in [4.78, 5) is 36.3. The first-order valence-electron chi connectivity index (χ1n) is 10.4. The van der Waals surface area contributed by atoms with Crippen molar-refractivity contribution in [3.63, 3.8) is 0 Å². The zero-order valence-electron chi connectivity index (χ0n) is 17.4. The van der Waals surface area contributed by atoms with Gasteiger partial charge < -0.3 is 4.74 Å². The number of rotatable bonds is 5. The molecule has 1 atom stereocenters. The van der Waals surface area contributed by atoms with Crippen LogP contribution in [0, 0.1) is 0 Å². The molecular weight excluding hydrogens is 396 g/mol. The van der Waals surface area contributed by atoms with Crippen molar-refractivity contribution in [3.8, 4) is 5.88 Å². The van der Waals surface area contributed by atoms with E-state index in [4.69, 9.17) is 4.74 Å². The Kier molecular flexibility index (Phi) is 4.90. The van der Waals surface area contributed by atoms with Crippen LogP contribution in [-0.2, 0) is 25.0 Å². The Morgan fingerprint density at radius 2 is 1.84 bits per heavy atom. The number of aromatic nitrogens is 5. The van der Waals surface area contributed by atoms with Crippen LogP contribution in [0.1, 0.15) is 29.9 Å². The fraction of sp³-hybridized carbons (Fsp3) is 0.409. The van der Waals surface area contributed by atoms with E-state index in [1.807, 2.05) is 30.3 Å².